The molecular formula is C8H13FN4. The maximum absolute atomic E-state index is 12.3. The van der Waals surface area contributed by atoms with Crippen molar-refractivity contribution in [3.05, 3.63) is 30.1 Å². The van der Waals surface area contributed by atoms with Gasteiger partial charge in [-0.25, -0.2) is 4.39 Å². The molecule has 0 unspecified atom stereocenters. The summed E-state index contributed by atoms with van der Waals surface area (Å²) in [6.07, 6.45) is 0. The Morgan fingerprint density at radius 1 is 1.31 bits per heavy atom. The highest BCUT2D eigenvalue weighted by Gasteiger charge is 1.92. The number of halogens is 1. The highest BCUT2D eigenvalue weighted by molar-refractivity contribution is 5.89. The normalized spacial score (nSPS) is 8.23. The molecule has 0 heterocycles. The van der Waals surface area contributed by atoms with Crippen molar-refractivity contribution in [2.75, 3.05) is 12.4 Å². The predicted octanol–water partition coefficient (Wildman–Crippen LogP) is 0.706. The van der Waals surface area contributed by atoms with Gasteiger partial charge in [0.15, 0.2) is 5.96 Å². The molecule has 0 aromatic heterocycles. The summed E-state index contributed by atoms with van der Waals surface area (Å²) in [6, 6.07) is 5.62. The molecule has 1 aromatic rings. The van der Waals surface area contributed by atoms with Crippen LogP contribution in [-0.2, 0) is 0 Å². The van der Waals surface area contributed by atoms with E-state index in [1.165, 1.54) is 31.3 Å². The van der Waals surface area contributed by atoms with Gasteiger partial charge in [-0.3, -0.25) is 5.41 Å². The molecule has 1 aromatic carbocycles. The first-order valence-electron chi connectivity index (χ1n) is 3.63. The summed E-state index contributed by atoms with van der Waals surface area (Å²) in [6.45, 7) is 0. The van der Waals surface area contributed by atoms with Gasteiger partial charge in [-0.15, -0.1) is 0 Å². The maximum Gasteiger partial charge on any atom is 0.190 e. The predicted molar refractivity (Wildman–Crippen MR) is 52.0 cm³/mol. The topological polar surface area (TPSA) is 87.9 Å². The van der Waals surface area contributed by atoms with Crippen molar-refractivity contribution in [1.82, 2.24) is 0 Å². The van der Waals surface area contributed by atoms with Gasteiger partial charge in [0.1, 0.15) is 5.82 Å². The van der Waals surface area contributed by atoms with E-state index in [0.717, 1.165) is 0 Å². The second kappa shape index (κ2) is 5.96. The SMILES string of the molecule is CN.N=C(N)Nc1ccc(F)cc1. The highest BCUT2D eigenvalue weighted by Crippen LogP contribution is 2.06. The third-order valence-electron chi connectivity index (χ3n) is 1.12. The second-order valence-electron chi connectivity index (χ2n) is 2.05. The van der Waals surface area contributed by atoms with Crippen LogP contribution in [0.1, 0.15) is 0 Å². The molecule has 72 valence electrons. The average molecular weight is 184 g/mol. The van der Waals surface area contributed by atoms with Gasteiger partial charge in [0.2, 0.25) is 0 Å². The molecule has 0 radical (unpaired) electrons. The minimum atomic E-state index is -0.306. The molecule has 0 saturated carbocycles. The van der Waals surface area contributed by atoms with Crippen LogP contribution in [0.15, 0.2) is 24.3 Å². The van der Waals surface area contributed by atoms with E-state index in [-0.39, 0.29) is 11.8 Å². The van der Waals surface area contributed by atoms with Crippen molar-refractivity contribution in [1.29, 1.82) is 5.41 Å². The van der Waals surface area contributed by atoms with Gasteiger partial charge >= 0.3 is 0 Å². The smallest absolute Gasteiger partial charge is 0.190 e. The first kappa shape index (κ1) is 11.4. The van der Waals surface area contributed by atoms with Gasteiger partial charge in [0, 0.05) is 5.69 Å². The lowest BCUT2D eigenvalue weighted by atomic mass is 10.3. The van der Waals surface area contributed by atoms with Crippen LogP contribution in [0.25, 0.3) is 0 Å². The monoisotopic (exact) mass is 184 g/mol. The Labute approximate surface area is 76.2 Å². The minimum absolute atomic E-state index is 0.156. The lowest BCUT2D eigenvalue weighted by Gasteiger charge is -2.01. The molecule has 0 atom stereocenters. The van der Waals surface area contributed by atoms with Crippen LogP contribution in [0.3, 0.4) is 0 Å². The van der Waals surface area contributed by atoms with E-state index >= 15 is 0 Å². The van der Waals surface area contributed by atoms with Crippen LogP contribution in [0.4, 0.5) is 10.1 Å². The number of hydrogen-bond donors (Lipinski definition) is 4. The summed E-state index contributed by atoms with van der Waals surface area (Å²) in [5.41, 5.74) is 10.2. The lowest BCUT2D eigenvalue weighted by molar-refractivity contribution is 0.628. The Kier molecular flexibility index (Phi) is 5.22. The van der Waals surface area contributed by atoms with E-state index in [0.29, 0.717) is 5.69 Å². The number of hydrogen-bond acceptors (Lipinski definition) is 2. The first-order chi connectivity index (χ1) is 6.18. The Morgan fingerprint density at radius 2 is 1.77 bits per heavy atom. The number of nitrogens with two attached hydrogens (primary N) is 2. The molecule has 0 aliphatic carbocycles. The van der Waals surface area contributed by atoms with E-state index in [4.69, 9.17) is 11.1 Å². The molecule has 1 rings (SSSR count). The van der Waals surface area contributed by atoms with Gasteiger partial charge in [-0.2, -0.15) is 0 Å². The third-order valence-corrected chi connectivity index (χ3v) is 1.12. The van der Waals surface area contributed by atoms with Crippen molar-refractivity contribution < 1.29 is 4.39 Å². The minimum Gasteiger partial charge on any atom is -0.370 e. The van der Waals surface area contributed by atoms with E-state index < -0.39 is 0 Å². The van der Waals surface area contributed by atoms with Crippen LogP contribution in [0, 0.1) is 11.2 Å². The van der Waals surface area contributed by atoms with Gasteiger partial charge in [0.25, 0.3) is 0 Å². The number of benzene rings is 1. The Balaban J connectivity index is 0.000000671. The summed E-state index contributed by atoms with van der Waals surface area (Å²) in [4.78, 5) is 0. The molecule has 6 N–H and O–H groups in total. The van der Waals surface area contributed by atoms with E-state index in [2.05, 4.69) is 11.1 Å². The van der Waals surface area contributed by atoms with Gasteiger partial charge < -0.3 is 16.8 Å². The number of anilines is 1. The second-order valence-corrected chi connectivity index (χ2v) is 2.05. The van der Waals surface area contributed by atoms with E-state index in [1.54, 1.807) is 0 Å². The summed E-state index contributed by atoms with van der Waals surface area (Å²) < 4.78 is 12.3. The highest BCUT2D eigenvalue weighted by atomic mass is 19.1. The van der Waals surface area contributed by atoms with Crippen LogP contribution in [-0.4, -0.2) is 13.0 Å². The summed E-state index contributed by atoms with van der Waals surface area (Å²) in [7, 11) is 1.50. The number of nitrogens with one attached hydrogen (secondary N) is 2. The Hall–Kier alpha value is -1.62. The van der Waals surface area contributed by atoms with Crippen LogP contribution in [0.2, 0.25) is 0 Å². The molecule has 13 heavy (non-hydrogen) atoms. The number of rotatable bonds is 1. The quantitative estimate of drug-likeness (QED) is 0.383. The summed E-state index contributed by atoms with van der Waals surface area (Å²) in [5.74, 6) is -0.462. The van der Waals surface area contributed by atoms with Gasteiger partial charge in [-0.05, 0) is 31.3 Å². The van der Waals surface area contributed by atoms with Crippen LogP contribution in [0.5, 0.6) is 0 Å². The summed E-state index contributed by atoms with van der Waals surface area (Å²) in [5, 5.41) is 9.38. The molecule has 5 heteroatoms. The number of guanidine groups is 1. The molecule has 0 spiro atoms. The van der Waals surface area contributed by atoms with Gasteiger partial charge in [0.05, 0.1) is 0 Å². The molecule has 0 saturated heterocycles. The molecule has 0 bridgehead atoms. The fourth-order valence-corrected chi connectivity index (χ4v) is 0.689. The Morgan fingerprint density at radius 3 is 2.15 bits per heavy atom. The van der Waals surface area contributed by atoms with Crippen molar-refractivity contribution in [2.45, 2.75) is 0 Å². The first-order valence-corrected chi connectivity index (χ1v) is 3.63. The zero-order valence-corrected chi connectivity index (χ0v) is 7.34. The van der Waals surface area contributed by atoms with Crippen molar-refractivity contribution in [2.24, 2.45) is 11.5 Å². The Bertz CT molecular complexity index is 257. The molecule has 0 aliphatic rings. The maximum atomic E-state index is 12.3. The molecule has 0 aliphatic heterocycles. The zero-order valence-electron chi connectivity index (χ0n) is 7.34. The average Bonchev–Trinajstić information content (AvgIpc) is 2.12. The molecular weight excluding hydrogens is 171 g/mol. The van der Waals surface area contributed by atoms with Crippen molar-refractivity contribution >= 4 is 11.6 Å². The standard InChI is InChI=1S/C7H8FN3.CH5N/c8-5-1-3-6(4-2-5)11-7(9)10;1-2/h1-4H,(H4,9,10,11);2H2,1H3. The van der Waals surface area contributed by atoms with Crippen LogP contribution < -0.4 is 16.8 Å². The van der Waals surface area contributed by atoms with Crippen molar-refractivity contribution in [3.8, 4) is 0 Å². The van der Waals surface area contributed by atoms with Gasteiger partial charge in [-0.1, -0.05) is 0 Å². The third kappa shape index (κ3) is 4.76. The van der Waals surface area contributed by atoms with Crippen molar-refractivity contribution in [3.63, 3.8) is 0 Å². The van der Waals surface area contributed by atoms with E-state index in [9.17, 15) is 4.39 Å². The molecule has 4 nitrogen and oxygen atoms in total. The summed E-state index contributed by atoms with van der Waals surface area (Å²) >= 11 is 0. The largest absolute Gasteiger partial charge is 0.370 e. The zero-order chi connectivity index (χ0) is 10.3. The molecule has 0 amide bonds. The fourth-order valence-electron chi connectivity index (χ4n) is 0.689. The van der Waals surface area contributed by atoms with Crippen LogP contribution >= 0.6 is 0 Å². The lowest BCUT2D eigenvalue weighted by Crippen LogP contribution is -2.20. The molecule has 0 fully saturated rings. The van der Waals surface area contributed by atoms with E-state index in [1.807, 2.05) is 0 Å². The fraction of sp³-hybridized carbons (Fsp3) is 0.125.